The van der Waals surface area contributed by atoms with E-state index >= 15 is 0 Å². The topological polar surface area (TPSA) is 86.1 Å². The van der Waals surface area contributed by atoms with E-state index in [-0.39, 0.29) is 17.4 Å². The summed E-state index contributed by atoms with van der Waals surface area (Å²) in [6, 6.07) is 6.61. The summed E-state index contributed by atoms with van der Waals surface area (Å²) in [5, 5.41) is 10.6. The molecule has 1 aromatic heterocycles. The number of ether oxygens (including phenoxy) is 1. The molecule has 1 heterocycles. The van der Waals surface area contributed by atoms with Crippen LogP contribution >= 0.6 is 0 Å². The number of benzene rings is 1. The van der Waals surface area contributed by atoms with Crippen molar-refractivity contribution in [1.29, 1.82) is 0 Å². The Morgan fingerprint density at radius 1 is 1.35 bits per heavy atom. The molecular formula is C16H20N4O3. The number of rotatable bonds is 6. The number of hydrogen-bond acceptors (Lipinski definition) is 5. The minimum atomic E-state index is -0.606. The van der Waals surface area contributed by atoms with E-state index in [1.165, 1.54) is 11.6 Å². The van der Waals surface area contributed by atoms with Gasteiger partial charge in [-0.2, -0.15) is 0 Å². The lowest BCUT2D eigenvalue weighted by atomic mass is 10.2. The van der Waals surface area contributed by atoms with Gasteiger partial charge in [-0.15, -0.1) is 5.10 Å². The molecule has 0 aliphatic carbocycles. The van der Waals surface area contributed by atoms with Gasteiger partial charge in [0.25, 0.3) is 0 Å². The van der Waals surface area contributed by atoms with Crippen molar-refractivity contribution in [3.05, 3.63) is 35.7 Å². The SMILES string of the molecule is CCOc1ccccc1NC(=O)C(C)n1nnc(C(C)=O)c1C. The number of carbonyl (C=O) groups is 2. The fourth-order valence-electron chi connectivity index (χ4n) is 2.23. The van der Waals surface area contributed by atoms with Gasteiger partial charge in [-0.3, -0.25) is 9.59 Å². The average molecular weight is 316 g/mol. The Hall–Kier alpha value is -2.70. The second-order valence-electron chi connectivity index (χ2n) is 5.12. The molecule has 7 heteroatoms. The molecule has 23 heavy (non-hydrogen) atoms. The molecule has 1 amide bonds. The van der Waals surface area contributed by atoms with Crippen molar-refractivity contribution in [2.24, 2.45) is 0 Å². The zero-order chi connectivity index (χ0) is 17.0. The lowest BCUT2D eigenvalue weighted by Crippen LogP contribution is -2.25. The molecule has 2 rings (SSSR count). The van der Waals surface area contributed by atoms with Crippen LogP contribution in [-0.2, 0) is 4.79 Å². The monoisotopic (exact) mass is 316 g/mol. The maximum Gasteiger partial charge on any atom is 0.249 e. The van der Waals surface area contributed by atoms with Crippen LogP contribution in [-0.4, -0.2) is 33.3 Å². The van der Waals surface area contributed by atoms with Crippen LogP contribution < -0.4 is 10.1 Å². The molecule has 0 spiro atoms. The number of nitrogens with zero attached hydrogens (tertiary/aromatic N) is 3. The van der Waals surface area contributed by atoms with Gasteiger partial charge in [-0.1, -0.05) is 17.3 Å². The second kappa shape index (κ2) is 7.04. The minimum absolute atomic E-state index is 0.178. The molecule has 1 N–H and O–H groups in total. The molecule has 0 aliphatic heterocycles. The molecule has 0 bridgehead atoms. The first-order chi connectivity index (χ1) is 11.0. The summed E-state index contributed by atoms with van der Waals surface area (Å²) in [6.07, 6.45) is 0. The van der Waals surface area contributed by atoms with Crippen molar-refractivity contribution in [1.82, 2.24) is 15.0 Å². The zero-order valence-electron chi connectivity index (χ0n) is 13.7. The van der Waals surface area contributed by atoms with Gasteiger partial charge in [0.2, 0.25) is 5.91 Å². The van der Waals surface area contributed by atoms with Crippen LogP contribution in [0.2, 0.25) is 0 Å². The summed E-state index contributed by atoms with van der Waals surface area (Å²) in [5.41, 5.74) is 1.44. The fourth-order valence-corrected chi connectivity index (χ4v) is 2.23. The van der Waals surface area contributed by atoms with Crippen molar-refractivity contribution in [3.8, 4) is 5.75 Å². The lowest BCUT2D eigenvalue weighted by Gasteiger charge is -2.16. The molecule has 1 atom stereocenters. The molecule has 1 aromatic carbocycles. The number of nitrogens with one attached hydrogen (secondary N) is 1. The van der Waals surface area contributed by atoms with Crippen molar-refractivity contribution in [2.75, 3.05) is 11.9 Å². The van der Waals surface area contributed by atoms with Gasteiger partial charge < -0.3 is 10.1 Å². The molecular weight excluding hydrogens is 296 g/mol. The molecule has 122 valence electrons. The molecule has 0 fully saturated rings. The largest absolute Gasteiger partial charge is 0.492 e. The standard InChI is InChI=1S/C16H20N4O3/c1-5-23-14-9-7-6-8-13(14)17-16(22)11(3)20-10(2)15(12(4)21)18-19-20/h6-9,11H,5H2,1-4H3,(H,17,22). The van der Waals surface area contributed by atoms with Crippen LogP contribution in [0.1, 0.15) is 43.0 Å². The van der Waals surface area contributed by atoms with Gasteiger partial charge in [0.1, 0.15) is 11.8 Å². The average Bonchev–Trinajstić information content (AvgIpc) is 2.90. The Morgan fingerprint density at radius 2 is 2.04 bits per heavy atom. The van der Waals surface area contributed by atoms with Gasteiger partial charge >= 0.3 is 0 Å². The lowest BCUT2D eigenvalue weighted by molar-refractivity contribution is -0.119. The van der Waals surface area contributed by atoms with E-state index in [1.54, 1.807) is 26.0 Å². The van der Waals surface area contributed by atoms with Crippen molar-refractivity contribution in [2.45, 2.75) is 33.7 Å². The maximum absolute atomic E-state index is 12.5. The Balaban J connectivity index is 2.19. The molecule has 7 nitrogen and oxygen atoms in total. The molecule has 2 aromatic rings. The van der Waals surface area contributed by atoms with Gasteiger partial charge in [-0.05, 0) is 32.9 Å². The number of ketones is 1. The minimum Gasteiger partial charge on any atom is -0.492 e. The first-order valence-electron chi connectivity index (χ1n) is 7.41. The predicted molar refractivity (Wildman–Crippen MR) is 85.7 cm³/mol. The number of hydrogen-bond donors (Lipinski definition) is 1. The highest BCUT2D eigenvalue weighted by molar-refractivity contribution is 5.95. The van der Waals surface area contributed by atoms with E-state index in [0.29, 0.717) is 23.7 Å². The third-order valence-corrected chi connectivity index (χ3v) is 3.45. The van der Waals surface area contributed by atoms with E-state index in [0.717, 1.165) is 0 Å². The maximum atomic E-state index is 12.5. The van der Waals surface area contributed by atoms with E-state index in [1.807, 2.05) is 19.1 Å². The van der Waals surface area contributed by atoms with Crippen molar-refractivity contribution >= 4 is 17.4 Å². The smallest absolute Gasteiger partial charge is 0.249 e. The van der Waals surface area contributed by atoms with Crippen LogP contribution in [0.25, 0.3) is 0 Å². The van der Waals surface area contributed by atoms with Crippen LogP contribution in [0.3, 0.4) is 0 Å². The van der Waals surface area contributed by atoms with Crippen molar-refractivity contribution in [3.63, 3.8) is 0 Å². The zero-order valence-corrected chi connectivity index (χ0v) is 13.7. The summed E-state index contributed by atoms with van der Waals surface area (Å²) < 4.78 is 6.93. The number of amides is 1. The molecule has 1 unspecified atom stereocenters. The Labute approximate surface area is 134 Å². The van der Waals surface area contributed by atoms with Gasteiger partial charge in [0, 0.05) is 6.92 Å². The highest BCUT2D eigenvalue weighted by Gasteiger charge is 2.22. The molecule has 0 radical (unpaired) electrons. The summed E-state index contributed by atoms with van der Waals surface area (Å²) in [4.78, 5) is 23.9. The fraction of sp³-hybridized carbons (Fsp3) is 0.375. The molecule has 0 aliphatic rings. The molecule has 0 saturated heterocycles. The summed E-state index contributed by atoms with van der Waals surface area (Å²) in [7, 11) is 0. The van der Waals surface area contributed by atoms with Gasteiger partial charge in [0.05, 0.1) is 18.0 Å². The Morgan fingerprint density at radius 3 is 2.65 bits per heavy atom. The van der Waals surface area contributed by atoms with E-state index in [9.17, 15) is 9.59 Å². The van der Waals surface area contributed by atoms with E-state index in [4.69, 9.17) is 4.74 Å². The molecule has 0 saturated carbocycles. The number of Topliss-reactive ketones (excluding diaryl/α,β-unsaturated/α-hetero) is 1. The third kappa shape index (κ3) is 3.56. The van der Waals surface area contributed by atoms with Crippen molar-refractivity contribution < 1.29 is 14.3 Å². The number of carbonyl (C=O) groups excluding carboxylic acids is 2. The second-order valence-corrected chi connectivity index (χ2v) is 5.12. The first kappa shape index (κ1) is 16.7. The van der Waals surface area contributed by atoms with Crippen LogP contribution in [0.15, 0.2) is 24.3 Å². The highest BCUT2D eigenvalue weighted by Crippen LogP contribution is 2.25. The quantitative estimate of drug-likeness (QED) is 0.827. The summed E-state index contributed by atoms with van der Waals surface area (Å²) in [6.45, 7) is 7.22. The number of para-hydroxylation sites is 2. The van der Waals surface area contributed by atoms with Crippen LogP contribution in [0.4, 0.5) is 5.69 Å². The van der Waals surface area contributed by atoms with Gasteiger partial charge in [0.15, 0.2) is 11.5 Å². The number of anilines is 1. The van der Waals surface area contributed by atoms with E-state index in [2.05, 4.69) is 15.6 Å². The first-order valence-corrected chi connectivity index (χ1v) is 7.41. The number of aromatic nitrogens is 3. The highest BCUT2D eigenvalue weighted by atomic mass is 16.5. The normalized spacial score (nSPS) is 11.8. The van der Waals surface area contributed by atoms with E-state index < -0.39 is 6.04 Å². The van der Waals surface area contributed by atoms with Gasteiger partial charge in [-0.25, -0.2) is 4.68 Å². The predicted octanol–water partition coefficient (Wildman–Crippen LogP) is 2.39. The summed E-state index contributed by atoms with van der Waals surface area (Å²) >= 11 is 0. The van der Waals surface area contributed by atoms with Crippen LogP contribution in [0.5, 0.6) is 5.75 Å². The Kier molecular flexibility index (Phi) is 5.10. The Bertz CT molecular complexity index is 724. The summed E-state index contributed by atoms with van der Waals surface area (Å²) in [5.74, 6) is 0.165. The van der Waals surface area contributed by atoms with Crippen LogP contribution in [0, 0.1) is 6.92 Å². The third-order valence-electron chi connectivity index (χ3n) is 3.45.